The first-order chi connectivity index (χ1) is 13.7. The molecular weight excluding hydrogens is 346 g/mol. The summed E-state index contributed by atoms with van der Waals surface area (Å²) in [5.74, 6) is 0.129. The molecular formula is C24H21N3O. The van der Waals surface area contributed by atoms with Gasteiger partial charge in [0.05, 0.1) is 24.6 Å². The van der Waals surface area contributed by atoms with Gasteiger partial charge in [-0.2, -0.15) is 0 Å². The van der Waals surface area contributed by atoms with Crippen LogP contribution in [0.1, 0.15) is 33.6 Å². The van der Waals surface area contributed by atoms with Crippen molar-refractivity contribution in [3.05, 3.63) is 83.6 Å². The van der Waals surface area contributed by atoms with Crippen LogP contribution in [0.15, 0.2) is 61.2 Å². The second kappa shape index (κ2) is 6.71. The van der Waals surface area contributed by atoms with E-state index in [1.807, 2.05) is 36.1 Å². The van der Waals surface area contributed by atoms with E-state index in [1.165, 1.54) is 17.5 Å². The zero-order valence-corrected chi connectivity index (χ0v) is 15.9. The Balaban J connectivity index is 1.44. The van der Waals surface area contributed by atoms with Gasteiger partial charge in [0.25, 0.3) is 0 Å². The van der Waals surface area contributed by atoms with E-state index in [0.29, 0.717) is 6.42 Å². The molecule has 0 radical (unpaired) electrons. The van der Waals surface area contributed by atoms with Crippen molar-refractivity contribution < 1.29 is 4.79 Å². The van der Waals surface area contributed by atoms with E-state index in [4.69, 9.17) is 0 Å². The molecule has 2 aromatic carbocycles. The van der Waals surface area contributed by atoms with E-state index >= 15 is 0 Å². The molecule has 4 nitrogen and oxygen atoms in total. The highest BCUT2D eigenvalue weighted by molar-refractivity contribution is 5.98. The van der Waals surface area contributed by atoms with Gasteiger partial charge >= 0.3 is 0 Å². The molecule has 0 bridgehead atoms. The van der Waals surface area contributed by atoms with Crippen molar-refractivity contribution in [3.63, 3.8) is 0 Å². The lowest BCUT2D eigenvalue weighted by Gasteiger charge is -2.07. The van der Waals surface area contributed by atoms with E-state index < -0.39 is 0 Å². The minimum Gasteiger partial charge on any atom is -0.334 e. The SMILES string of the molecule is Cn1cncc1-c1ccc2cnc(CC(=O)c3ccc4c(c3)CCC4)cc2c1. The summed E-state index contributed by atoms with van der Waals surface area (Å²) in [6, 6.07) is 14.5. The summed E-state index contributed by atoms with van der Waals surface area (Å²) in [7, 11) is 1.99. The Morgan fingerprint density at radius 1 is 1.00 bits per heavy atom. The minimum atomic E-state index is 0.129. The Bertz CT molecular complexity index is 1210. The fourth-order valence-corrected chi connectivity index (χ4v) is 4.09. The number of hydrogen-bond donors (Lipinski definition) is 0. The molecule has 2 heterocycles. The van der Waals surface area contributed by atoms with Gasteiger partial charge in [-0.1, -0.05) is 24.3 Å². The molecule has 28 heavy (non-hydrogen) atoms. The third kappa shape index (κ3) is 3.01. The zero-order chi connectivity index (χ0) is 19.1. The van der Waals surface area contributed by atoms with Crippen LogP contribution in [0.2, 0.25) is 0 Å². The van der Waals surface area contributed by atoms with Crippen molar-refractivity contribution in [2.75, 3.05) is 0 Å². The lowest BCUT2D eigenvalue weighted by Crippen LogP contribution is -2.06. The van der Waals surface area contributed by atoms with Crippen molar-refractivity contribution in [2.45, 2.75) is 25.7 Å². The molecule has 4 heteroatoms. The molecule has 0 spiro atoms. The van der Waals surface area contributed by atoms with Crippen molar-refractivity contribution in [1.29, 1.82) is 0 Å². The van der Waals surface area contributed by atoms with E-state index in [0.717, 1.165) is 46.1 Å². The Morgan fingerprint density at radius 2 is 1.89 bits per heavy atom. The maximum Gasteiger partial charge on any atom is 0.168 e. The van der Waals surface area contributed by atoms with Crippen molar-refractivity contribution in [3.8, 4) is 11.3 Å². The third-order valence-corrected chi connectivity index (χ3v) is 5.65. The number of hydrogen-bond acceptors (Lipinski definition) is 3. The number of rotatable bonds is 4. The van der Waals surface area contributed by atoms with Gasteiger partial charge in [-0.15, -0.1) is 0 Å². The molecule has 0 unspecified atom stereocenters. The first-order valence-electron chi connectivity index (χ1n) is 9.68. The van der Waals surface area contributed by atoms with Gasteiger partial charge in [-0.05, 0) is 54.0 Å². The summed E-state index contributed by atoms with van der Waals surface area (Å²) >= 11 is 0. The number of benzene rings is 2. The van der Waals surface area contributed by atoms with Crippen molar-refractivity contribution in [2.24, 2.45) is 7.05 Å². The molecule has 0 N–H and O–H groups in total. The average molecular weight is 367 g/mol. The molecule has 5 rings (SSSR count). The Morgan fingerprint density at radius 3 is 2.75 bits per heavy atom. The minimum absolute atomic E-state index is 0.129. The number of imidazole rings is 1. The van der Waals surface area contributed by atoms with Crippen LogP contribution in [0.25, 0.3) is 22.0 Å². The Labute approximate surface area is 163 Å². The van der Waals surface area contributed by atoms with Crippen LogP contribution in [0, 0.1) is 0 Å². The molecule has 0 fully saturated rings. The standard InChI is InChI=1S/C24H21N3O/c1-27-15-25-14-23(27)18-6-8-20-13-26-22(11-21(20)10-18)12-24(28)19-7-5-16-3-2-4-17(16)9-19/h5-11,13-15H,2-4,12H2,1H3. The second-order valence-corrected chi connectivity index (χ2v) is 7.56. The number of Topliss-reactive ketones (excluding diaryl/α,β-unsaturated/α-hetero) is 1. The topological polar surface area (TPSA) is 47.8 Å². The number of fused-ring (bicyclic) bond motifs is 2. The predicted molar refractivity (Wildman–Crippen MR) is 110 cm³/mol. The van der Waals surface area contributed by atoms with Crippen molar-refractivity contribution in [1.82, 2.24) is 14.5 Å². The van der Waals surface area contributed by atoms with E-state index in [2.05, 4.69) is 40.3 Å². The smallest absolute Gasteiger partial charge is 0.168 e. The molecule has 2 aromatic heterocycles. The summed E-state index contributed by atoms with van der Waals surface area (Å²) in [6.07, 6.45) is 9.25. The lowest BCUT2D eigenvalue weighted by molar-refractivity contribution is 0.0992. The molecule has 0 saturated carbocycles. The fourth-order valence-electron chi connectivity index (χ4n) is 4.09. The van der Waals surface area contributed by atoms with Gasteiger partial charge in [0.2, 0.25) is 0 Å². The van der Waals surface area contributed by atoms with Crippen LogP contribution in [-0.2, 0) is 26.3 Å². The summed E-state index contributed by atoms with van der Waals surface area (Å²) < 4.78 is 2.00. The molecule has 138 valence electrons. The molecule has 0 aliphatic heterocycles. The molecule has 1 aliphatic rings. The quantitative estimate of drug-likeness (QED) is 0.497. The Kier molecular flexibility index (Phi) is 4.05. The van der Waals surface area contributed by atoms with Crippen LogP contribution < -0.4 is 0 Å². The summed E-state index contributed by atoms with van der Waals surface area (Å²) in [6.45, 7) is 0. The number of nitrogens with zero attached hydrogens (tertiary/aromatic N) is 3. The predicted octanol–water partition coefficient (Wildman–Crippen LogP) is 4.55. The summed E-state index contributed by atoms with van der Waals surface area (Å²) in [4.78, 5) is 21.5. The first-order valence-corrected chi connectivity index (χ1v) is 9.68. The first kappa shape index (κ1) is 16.9. The largest absolute Gasteiger partial charge is 0.334 e. The highest BCUT2D eigenvalue weighted by atomic mass is 16.1. The van der Waals surface area contributed by atoms with Gasteiger partial charge in [0.15, 0.2) is 5.78 Å². The molecule has 4 aromatic rings. The van der Waals surface area contributed by atoms with E-state index in [1.54, 1.807) is 6.33 Å². The number of aromatic nitrogens is 3. The third-order valence-electron chi connectivity index (χ3n) is 5.65. The van der Waals surface area contributed by atoms with E-state index in [9.17, 15) is 4.79 Å². The molecule has 1 aliphatic carbocycles. The van der Waals surface area contributed by atoms with Crippen LogP contribution in [-0.4, -0.2) is 20.3 Å². The molecule has 0 saturated heterocycles. The van der Waals surface area contributed by atoms with Gasteiger partial charge in [-0.3, -0.25) is 9.78 Å². The fraction of sp³-hybridized carbons (Fsp3) is 0.208. The molecule has 0 atom stereocenters. The van der Waals surface area contributed by atoms with Gasteiger partial charge in [0.1, 0.15) is 0 Å². The van der Waals surface area contributed by atoms with E-state index in [-0.39, 0.29) is 5.78 Å². The Hall–Kier alpha value is -3.27. The summed E-state index contributed by atoms with van der Waals surface area (Å²) in [5.41, 5.74) is 6.50. The number of carbonyl (C=O) groups is 1. The van der Waals surface area contributed by atoms with Crippen LogP contribution >= 0.6 is 0 Å². The van der Waals surface area contributed by atoms with Crippen LogP contribution in [0.3, 0.4) is 0 Å². The highest BCUT2D eigenvalue weighted by Crippen LogP contribution is 2.25. The maximum atomic E-state index is 12.8. The normalized spacial score (nSPS) is 13.0. The lowest BCUT2D eigenvalue weighted by atomic mass is 10.00. The highest BCUT2D eigenvalue weighted by Gasteiger charge is 2.15. The average Bonchev–Trinajstić information content (AvgIpc) is 3.35. The number of pyridine rings is 1. The van der Waals surface area contributed by atoms with Crippen LogP contribution in [0.5, 0.6) is 0 Å². The van der Waals surface area contributed by atoms with Gasteiger partial charge in [-0.25, -0.2) is 4.98 Å². The monoisotopic (exact) mass is 367 g/mol. The van der Waals surface area contributed by atoms with Gasteiger partial charge in [0, 0.05) is 35.5 Å². The summed E-state index contributed by atoms with van der Waals surface area (Å²) in [5, 5.41) is 2.16. The zero-order valence-electron chi connectivity index (χ0n) is 15.9. The second-order valence-electron chi connectivity index (χ2n) is 7.56. The van der Waals surface area contributed by atoms with Gasteiger partial charge < -0.3 is 4.57 Å². The number of carbonyl (C=O) groups excluding carboxylic acids is 1. The number of ketones is 1. The van der Waals surface area contributed by atoms with Crippen LogP contribution in [0.4, 0.5) is 0 Å². The van der Waals surface area contributed by atoms with Crippen molar-refractivity contribution >= 4 is 16.6 Å². The maximum absolute atomic E-state index is 12.8. The number of aryl methyl sites for hydroxylation is 3. The molecule has 0 amide bonds.